The first-order valence-corrected chi connectivity index (χ1v) is 7.94. The number of pyridine rings is 1. The van der Waals surface area contributed by atoms with E-state index in [2.05, 4.69) is 15.2 Å². The van der Waals surface area contributed by atoms with E-state index in [1.54, 1.807) is 30.5 Å². The molecule has 0 spiro atoms. The van der Waals surface area contributed by atoms with Crippen molar-refractivity contribution in [2.45, 2.75) is 0 Å². The highest BCUT2D eigenvalue weighted by Gasteiger charge is 2.26. The first kappa shape index (κ1) is 16.5. The maximum absolute atomic E-state index is 12.3. The van der Waals surface area contributed by atoms with Crippen molar-refractivity contribution in [2.75, 3.05) is 36.4 Å². The molecule has 3 rings (SSSR count). The van der Waals surface area contributed by atoms with Gasteiger partial charge in [-0.05, 0) is 24.3 Å². The van der Waals surface area contributed by atoms with E-state index in [1.165, 1.54) is 4.90 Å². The predicted octanol–water partition coefficient (Wildman–Crippen LogP) is 1.24. The molecule has 2 amide bonds. The molecule has 0 bridgehead atoms. The van der Waals surface area contributed by atoms with E-state index in [-0.39, 0.29) is 0 Å². The largest absolute Gasteiger partial charge is 0.353 e. The number of hydrogen-bond donors (Lipinski definition) is 1. The van der Waals surface area contributed by atoms with Crippen LogP contribution in [0.2, 0.25) is 0 Å². The Morgan fingerprint density at radius 1 is 1.04 bits per heavy atom. The lowest BCUT2D eigenvalue weighted by Crippen LogP contribution is -2.51. The van der Waals surface area contributed by atoms with Gasteiger partial charge in [-0.25, -0.2) is 4.98 Å². The van der Waals surface area contributed by atoms with Crippen LogP contribution in [-0.4, -0.2) is 47.9 Å². The number of piperazine rings is 1. The van der Waals surface area contributed by atoms with E-state index in [4.69, 9.17) is 5.26 Å². The number of carbonyl (C=O) groups is 2. The van der Waals surface area contributed by atoms with Crippen LogP contribution in [0.3, 0.4) is 0 Å². The van der Waals surface area contributed by atoms with Crippen LogP contribution in [0.4, 0.5) is 11.5 Å². The van der Waals surface area contributed by atoms with Crippen LogP contribution in [0.5, 0.6) is 0 Å². The lowest BCUT2D eigenvalue weighted by molar-refractivity contribution is -0.143. The third-order valence-electron chi connectivity index (χ3n) is 4.03. The molecule has 1 aliphatic heterocycles. The summed E-state index contributed by atoms with van der Waals surface area (Å²) in [6.07, 6.45) is 1.73. The predicted molar refractivity (Wildman–Crippen MR) is 92.8 cm³/mol. The zero-order valence-corrected chi connectivity index (χ0v) is 13.6. The van der Waals surface area contributed by atoms with Gasteiger partial charge in [0.25, 0.3) is 0 Å². The number of nitrogens with one attached hydrogen (secondary N) is 1. The number of rotatable bonds is 2. The summed E-state index contributed by atoms with van der Waals surface area (Å²) in [6.45, 7) is 2.13. The first-order chi connectivity index (χ1) is 12.2. The number of amides is 2. The minimum Gasteiger partial charge on any atom is -0.353 e. The molecular formula is C18H17N5O2. The zero-order valence-electron chi connectivity index (χ0n) is 13.6. The quantitative estimate of drug-likeness (QED) is 0.834. The fourth-order valence-electron chi connectivity index (χ4n) is 2.69. The SMILES string of the molecule is N#Cc1ccccc1NC(=O)C(=O)N1CCN(c2ccccn2)CC1. The van der Waals surface area contributed by atoms with E-state index in [0.717, 1.165) is 5.82 Å². The fraction of sp³-hybridized carbons (Fsp3) is 0.222. The highest BCUT2D eigenvalue weighted by atomic mass is 16.2. The minimum absolute atomic E-state index is 0.323. The molecule has 1 fully saturated rings. The summed E-state index contributed by atoms with van der Waals surface area (Å²) in [6, 6.07) is 14.3. The normalized spacial score (nSPS) is 13.9. The third kappa shape index (κ3) is 3.75. The van der Waals surface area contributed by atoms with E-state index < -0.39 is 11.8 Å². The highest BCUT2D eigenvalue weighted by molar-refractivity contribution is 6.39. The van der Waals surface area contributed by atoms with Crippen LogP contribution >= 0.6 is 0 Å². The van der Waals surface area contributed by atoms with Crippen LogP contribution in [-0.2, 0) is 9.59 Å². The van der Waals surface area contributed by atoms with Gasteiger partial charge in [0.2, 0.25) is 0 Å². The molecule has 0 saturated carbocycles. The van der Waals surface area contributed by atoms with Crippen LogP contribution in [0.25, 0.3) is 0 Å². The molecule has 1 aromatic carbocycles. The Labute approximate surface area is 145 Å². The van der Waals surface area contributed by atoms with Crippen molar-refractivity contribution in [1.82, 2.24) is 9.88 Å². The molecule has 2 heterocycles. The molecule has 2 aromatic rings. The van der Waals surface area contributed by atoms with Crippen molar-refractivity contribution in [1.29, 1.82) is 5.26 Å². The molecule has 0 aliphatic carbocycles. The van der Waals surface area contributed by atoms with Gasteiger partial charge in [0.15, 0.2) is 0 Å². The lowest BCUT2D eigenvalue weighted by Gasteiger charge is -2.35. The number of carbonyl (C=O) groups excluding carboxylic acids is 2. The minimum atomic E-state index is -0.728. The van der Waals surface area contributed by atoms with Gasteiger partial charge in [-0.1, -0.05) is 18.2 Å². The van der Waals surface area contributed by atoms with Crippen molar-refractivity contribution in [3.05, 3.63) is 54.2 Å². The Hall–Kier alpha value is -3.40. The molecule has 0 atom stereocenters. The van der Waals surface area contributed by atoms with Gasteiger partial charge >= 0.3 is 11.8 Å². The Bertz CT molecular complexity index is 808. The highest BCUT2D eigenvalue weighted by Crippen LogP contribution is 2.15. The Kier molecular flexibility index (Phi) is 4.90. The molecule has 0 radical (unpaired) electrons. The van der Waals surface area contributed by atoms with Gasteiger partial charge in [0, 0.05) is 32.4 Å². The summed E-state index contributed by atoms with van der Waals surface area (Å²) in [4.78, 5) is 32.4. The first-order valence-electron chi connectivity index (χ1n) is 7.94. The second-order valence-corrected chi connectivity index (χ2v) is 5.58. The fourth-order valence-corrected chi connectivity index (χ4v) is 2.69. The molecule has 7 heteroatoms. The van der Waals surface area contributed by atoms with Crippen molar-refractivity contribution in [3.8, 4) is 6.07 Å². The summed E-state index contributed by atoms with van der Waals surface area (Å²) in [7, 11) is 0. The topological polar surface area (TPSA) is 89.3 Å². The van der Waals surface area contributed by atoms with Crippen molar-refractivity contribution in [3.63, 3.8) is 0 Å². The van der Waals surface area contributed by atoms with Gasteiger partial charge in [0.1, 0.15) is 11.9 Å². The molecule has 126 valence electrons. The van der Waals surface area contributed by atoms with Crippen LogP contribution < -0.4 is 10.2 Å². The van der Waals surface area contributed by atoms with E-state index in [1.807, 2.05) is 24.3 Å². The van der Waals surface area contributed by atoms with Crippen molar-refractivity contribution >= 4 is 23.3 Å². The number of benzene rings is 1. The molecule has 1 N–H and O–H groups in total. The molecule has 1 aliphatic rings. The molecular weight excluding hydrogens is 318 g/mol. The molecule has 1 saturated heterocycles. The van der Waals surface area contributed by atoms with Crippen molar-refractivity contribution < 1.29 is 9.59 Å². The van der Waals surface area contributed by atoms with Crippen molar-refractivity contribution in [2.24, 2.45) is 0 Å². The smallest absolute Gasteiger partial charge is 0.313 e. The van der Waals surface area contributed by atoms with Gasteiger partial charge in [0.05, 0.1) is 11.3 Å². The number of aromatic nitrogens is 1. The lowest BCUT2D eigenvalue weighted by atomic mass is 10.2. The Morgan fingerprint density at radius 3 is 2.44 bits per heavy atom. The third-order valence-corrected chi connectivity index (χ3v) is 4.03. The number of anilines is 2. The van der Waals surface area contributed by atoms with Crippen LogP contribution in [0.1, 0.15) is 5.56 Å². The number of para-hydroxylation sites is 1. The molecule has 1 aromatic heterocycles. The average molecular weight is 335 g/mol. The Balaban J connectivity index is 1.59. The van der Waals surface area contributed by atoms with E-state index in [0.29, 0.717) is 37.4 Å². The second-order valence-electron chi connectivity index (χ2n) is 5.58. The summed E-state index contributed by atoms with van der Waals surface area (Å²) in [5.41, 5.74) is 0.666. The zero-order chi connectivity index (χ0) is 17.6. The monoisotopic (exact) mass is 335 g/mol. The molecule has 25 heavy (non-hydrogen) atoms. The van der Waals surface area contributed by atoms with E-state index in [9.17, 15) is 9.59 Å². The van der Waals surface area contributed by atoms with Gasteiger partial charge < -0.3 is 15.1 Å². The number of hydrogen-bond acceptors (Lipinski definition) is 5. The molecule has 7 nitrogen and oxygen atoms in total. The summed E-state index contributed by atoms with van der Waals surface area (Å²) < 4.78 is 0. The second kappa shape index (κ2) is 7.45. The maximum Gasteiger partial charge on any atom is 0.313 e. The number of nitrogens with zero attached hydrogens (tertiary/aromatic N) is 4. The summed E-state index contributed by atoms with van der Waals surface area (Å²) in [5.74, 6) is -0.454. The average Bonchev–Trinajstić information content (AvgIpc) is 2.68. The summed E-state index contributed by atoms with van der Waals surface area (Å²) >= 11 is 0. The number of nitriles is 1. The van der Waals surface area contributed by atoms with Gasteiger partial charge in [-0.3, -0.25) is 9.59 Å². The van der Waals surface area contributed by atoms with E-state index >= 15 is 0 Å². The standard InChI is InChI=1S/C18H17N5O2/c19-13-14-5-1-2-6-15(14)21-17(24)18(25)23-11-9-22(10-12-23)16-7-3-4-8-20-16/h1-8H,9-12H2,(H,21,24). The maximum atomic E-state index is 12.3. The summed E-state index contributed by atoms with van der Waals surface area (Å²) in [5, 5.41) is 11.6. The Morgan fingerprint density at radius 2 is 1.76 bits per heavy atom. The van der Waals surface area contributed by atoms with Gasteiger partial charge in [-0.15, -0.1) is 0 Å². The van der Waals surface area contributed by atoms with Crippen LogP contribution in [0, 0.1) is 11.3 Å². The van der Waals surface area contributed by atoms with Gasteiger partial charge in [-0.2, -0.15) is 5.26 Å². The van der Waals surface area contributed by atoms with Crippen LogP contribution in [0.15, 0.2) is 48.7 Å². The molecule has 0 unspecified atom stereocenters.